The number of sulfone groups is 1. The summed E-state index contributed by atoms with van der Waals surface area (Å²) in [7, 11) is 0.432. The van der Waals surface area contributed by atoms with Gasteiger partial charge in [0.2, 0.25) is 11.9 Å². The van der Waals surface area contributed by atoms with Crippen LogP contribution in [-0.2, 0) is 9.84 Å². The molecule has 1 aromatic heterocycles. The van der Waals surface area contributed by atoms with Crippen molar-refractivity contribution in [1.82, 2.24) is 24.8 Å². The summed E-state index contributed by atoms with van der Waals surface area (Å²) in [4.78, 5) is 20.6. The van der Waals surface area contributed by atoms with Gasteiger partial charge in [-0.05, 0) is 44.2 Å². The summed E-state index contributed by atoms with van der Waals surface area (Å²) in [5.41, 5.74) is 2.27. The van der Waals surface area contributed by atoms with E-state index in [0.717, 1.165) is 63.5 Å². The van der Waals surface area contributed by atoms with Gasteiger partial charge in [0.1, 0.15) is 12.1 Å². The summed E-state index contributed by atoms with van der Waals surface area (Å²) in [5.74, 6) is 1.23. The van der Waals surface area contributed by atoms with Crippen molar-refractivity contribution in [2.45, 2.75) is 30.7 Å². The number of rotatable bonds is 9. The molecule has 11 nitrogen and oxygen atoms in total. The molecule has 2 N–H and O–H groups in total. The fraction of sp³-hybridized carbons (Fsp3) is 0.464. The van der Waals surface area contributed by atoms with Crippen molar-refractivity contribution >= 4 is 38.8 Å². The van der Waals surface area contributed by atoms with Gasteiger partial charge in [0.25, 0.3) is 0 Å². The molecule has 214 valence electrons. The first kappa shape index (κ1) is 28.1. The predicted molar refractivity (Wildman–Crippen MR) is 158 cm³/mol. The highest BCUT2D eigenvalue weighted by Crippen LogP contribution is 2.33. The Hall–Kier alpha value is -3.48. The first-order valence-corrected chi connectivity index (χ1v) is 15.4. The second-order valence-electron chi connectivity index (χ2n) is 10.2. The van der Waals surface area contributed by atoms with Gasteiger partial charge in [-0.3, -0.25) is 4.90 Å². The molecule has 3 aromatic rings. The minimum absolute atomic E-state index is 0.000237. The van der Waals surface area contributed by atoms with Crippen molar-refractivity contribution in [3.63, 3.8) is 0 Å². The van der Waals surface area contributed by atoms with Crippen molar-refractivity contribution in [3.05, 3.63) is 48.8 Å². The molecule has 0 atom stereocenters. The number of methoxy groups -OCH3 is 1. The SMILES string of the molecule is CCS(=O)(=O)c1ccccc1Nc1ncnc(Nc2ccc(N3CCC(N4CCN(C)CC4)CC3)cc2OC)n1. The van der Waals surface area contributed by atoms with E-state index in [-0.39, 0.29) is 16.6 Å². The minimum atomic E-state index is -3.42. The molecule has 2 fully saturated rings. The second-order valence-corrected chi connectivity index (χ2v) is 12.5. The van der Waals surface area contributed by atoms with E-state index in [1.165, 1.54) is 6.33 Å². The highest BCUT2D eigenvalue weighted by molar-refractivity contribution is 7.91. The van der Waals surface area contributed by atoms with Gasteiger partial charge in [-0.1, -0.05) is 19.1 Å². The van der Waals surface area contributed by atoms with Crippen LogP contribution in [0.3, 0.4) is 0 Å². The second kappa shape index (κ2) is 12.4. The molecule has 0 spiro atoms. The molecule has 0 aliphatic carbocycles. The fourth-order valence-electron chi connectivity index (χ4n) is 5.31. The quantitative estimate of drug-likeness (QED) is 0.397. The third-order valence-electron chi connectivity index (χ3n) is 7.74. The van der Waals surface area contributed by atoms with Crippen molar-refractivity contribution in [2.24, 2.45) is 0 Å². The van der Waals surface area contributed by atoms with E-state index >= 15 is 0 Å². The molecule has 2 aliphatic heterocycles. The number of likely N-dealkylation sites (N-methyl/N-ethyl adjacent to an activating group) is 1. The van der Waals surface area contributed by atoms with E-state index in [9.17, 15) is 8.42 Å². The normalized spacial score (nSPS) is 17.5. The van der Waals surface area contributed by atoms with Gasteiger partial charge in [0, 0.05) is 57.1 Å². The van der Waals surface area contributed by atoms with Crippen LogP contribution in [-0.4, -0.2) is 98.4 Å². The molecule has 0 amide bonds. The molecule has 0 bridgehead atoms. The van der Waals surface area contributed by atoms with E-state index in [1.54, 1.807) is 38.3 Å². The van der Waals surface area contributed by atoms with Gasteiger partial charge >= 0.3 is 0 Å². The smallest absolute Gasteiger partial charge is 0.232 e. The maximum Gasteiger partial charge on any atom is 0.232 e. The Morgan fingerprint density at radius 1 is 0.925 bits per heavy atom. The molecule has 3 heterocycles. The number of benzene rings is 2. The molecular weight excluding hydrogens is 528 g/mol. The van der Waals surface area contributed by atoms with E-state index < -0.39 is 9.84 Å². The summed E-state index contributed by atoms with van der Waals surface area (Å²) in [5, 5.41) is 6.24. The average molecular weight is 567 g/mol. The highest BCUT2D eigenvalue weighted by atomic mass is 32.2. The van der Waals surface area contributed by atoms with E-state index in [1.807, 2.05) is 12.1 Å². The van der Waals surface area contributed by atoms with Gasteiger partial charge in [-0.2, -0.15) is 4.98 Å². The topological polar surface area (TPSA) is 116 Å². The minimum Gasteiger partial charge on any atom is -0.494 e. The Bertz CT molecular complexity index is 1400. The zero-order chi connectivity index (χ0) is 28.1. The van der Waals surface area contributed by atoms with Crippen molar-refractivity contribution < 1.29 is 13.2 Å². The number of hydrogen-bond donors (Lipinski definition) is 2. The molecule has 0 saturated carbocycles. The molecule has 2 saturated heterocycles. The molecule has 40 heavy (non-hydrogen) atoms. The van der Waals surface area contributed by atoms with Crippen LogP contribution in [0.5, 0.6) is 5.75 Å². The molecule has 2 aliphatic rings. The largest absolute Gasteiger partial charge is 0.494 e. The van der Waals surface area contributed by atoms with E-state index in [4.69, 9.17) is 4.74 Å². The molecule has 5 rings (SSSR count). The standard InChI is InChI=1S/C28H38N8O3S/c1-4-40(37,38)26-8-6-5-7-24(26)32-28-30-20-29-27(33-28)31-23-10-9-22(19-25(23)39-3)35-13-11-21(12-14-35)36-17-15-34(2)16-18-36/h5-10,19-21H,4,11-18H2,1-3H3,(H2,29,30,31,32,33). The van der Waals surface area contributed by atoms with Gasteiger partial charge in [-0.25, -0.2) is 18.4 Å². The number of aromatic nitrogens is 3. The number of piperidine rings is 1. The third kappa shape index (κ3) is 6.45. The van der Waals surface area contributed by atoms with Gasteiger partial charge in [-0.15, -0.1) is 0 Å². The first-order chi connectivity index (χ1) is 19.4. The summed E-state index contributed by atoms with van der Waals surface area (Å²) in [6, 6.07) is 13.5. The monoisotopic (exact) mass is 566 g/mol. The van der Waals surface area contributed by atoms with E-state index in [2.05, 4.69) is 53.4 Å². The maximum absolute atomic E-state index is 12.5. The predicted octanol–water partition coefficient (Wildman–Crippen LogP) is 3.38. The lowest BCUT2D eigenvalue weighted by Gasteiger charge is -2.42. The fourth-order valence-corrected chi connectivity index (χ4v) is 6.36. The van der Waals surface area contributed by atoms with Crippen LogP contribution in [0.15, 0.2) is 53.7 Å². The van der Waals surface area contributed by atoms with Gasteiger partial charge in [0.15, 0.2) is 9.84 Å². The van der Waals surface area contributed by atoms with Crippen LogP contribution in [0.25, 0.3) is 0 Å². The first-order valence-electron chi connectivity index (χ1n) is 13.8. The number of nitrogens with one attached hydrogen (secondary N) is 2. The summed E-state index contributed by atoms with van der Waals surface area (Å²) >= 11 is 0. The van der Waals surface area contributed by atoms with Crippen LogP contribution in [0, 0.1) is 0 Å². The van der Waals surface area contributed by atoms with Crippen LogP contribution in [0.2, 0.25) is 0 Å². The molecule has 2 aromatic carbocycles. The van der Waals surface area contributed by atoms with E-state index in [0.29, 0.717) is 23.4 Å². The number of ether oxygens (including phenoxy) is 1. The molecular formula is C28H38N8O3S. The number of anilines is 5. The Morgan fingerprint density at radius 3 is 2.27 bits per heavy atom. The van der Waals surface area contributed by atoms with Crippen molar-refractivity contribution in [1.29, 1.82) is 0 Å². The number of hydrogen-bond acceptors (Lipinski definition) is 11. The Labute approximate surface area is 236 Å². The number of piperazine rings is 1. The lowest BCUT2D eigenvalue weighted by atomic mass is 10.0. The number of nitrogens with zero attached hydrogens (tertiary/aromatic N) is 6. The Morgan fingerprint density at radius 2 is 1.60 bits per heavy atom. The van der Waals surface area contributed by atoms with Crippen molar-refractivity contribution in [3.8, 4) is 5.75 Å². The zero-order valence-corrected chi connectivity index (χ0v) is 24.2. The lowest BCUT2D eigenvalue weighted by Crippen LogP contribution is -2.52. The average Bonchev–Trinajstić information content (AvgIpc) is 2.98. The zero-order valence-electron chi connectivity index (χ0n) is 23.4. The lowest BCUT2D eigenvalue weighted by molar-refractivity contribution is 0.0982. The number of para-hydroxylation sites is 1. The highest BCUT2D eigenvalue weighted by Gasteiger charge is 2.27. The van der Waals surface area contributed by atoms with Crippen LogP contribution in [0.1, 0.15) is 19.8 Å². The Kier molecular flexibility index (Phi) is 8.67. The third-order valence-corrected chi connectivity index (χ3v) is 9.52. The Balaban J connectivity index is 1.25. The summed E-state index contributed by atoms with van der Waals surface area (Å²) < 4.78 is 30.7. The molecule has 0 radical (unpaired) electrons. The van der Waals surface area contributed by atoms with Crippen LogP contribution in [0.4, 0.5) is 29.0 Å². The van der Waals surface area contributed by atoms with Gasteiger partial charge < -0.3 is 25.2 Å². The van der Waals surface area contributed by atoms with Crippen LogP contribution < -0.4 is 20.3 Å². The van der Waals surface area contributed by atoms with Crippen molar-refractivity contribution in [2.75, 3.05) is 74.7 Å². The maximum atomic E-state index is 12.5. The molecule has 0 unspecified atom stereocenters. The molecule has 12 heteroatoms. The van der Waals surface area contributed by atoms with Gasteiger partial charge in [0.05, 0.1) is 29.1 Å². The van der Waals surface area contributed by atoms with Crippen LogP contribution >= 0.6 is 0 Å². The summed E-state index contributed by atoms with van der Waals surface area (Å²) in [6.45, 7) is 8.28. The summed E-state index contributed by atoms with van der Waals surface area (Å²) in [6.07, 6.45) is 3.70.